The van der Waals surface area contributed by atoms with Gasteiger partial charge in [0, 0.05) is 31.0 Å². The predicted octanol–water partition coefficient (Wildman–Crippen LogP) is 3.08. The molecule has 0 saturated heterocycles. The van der Waals surface area contributed by atoms with Gasteiger partial charge >= 0.3 is 0 Å². The van der Waals surface area contributed by atoms with E-state index in [0.29, 0.717) is 29.4 Å². The molecule has 0 aromatic heterocycles. The SMILES string of the molecule is COc1cc(NC2CCC(OC)CC2)cc(OC)c1OC. The number of ether oxygens (including phenoxy) is 4. The molecule has 1 saturated carbocycles. The van der Waals surface area contributed by atoms with Crippen molar-refractivity contribution < 1.29 is 18.9 Å². The van der Waals surface area contributed by atoms with Gasteiger partial charge < -0.3 is 24.3 Å². The molecule has 1 aromatic carbocycles. The van der Waals surface area contributed by atoms with Crippen molar-refractivity contribution in [2.24, 2.45) is 0 Å². The van der Waals surface area contributed by atoms with Gasteiger partial charge in [0.25, 0.3) is 0 Å². The third-order valence-corrected chi connectivity index (χ3v) is 4.04. The van der Waals surface area contributed by atoms with Gasteiger partial charge in [-0.25, -0.2) is 0 Å². The number of methoxy groups -OCH3 is 4. The zero-order valence-corrected chi connectivity index (χ0v) is 13.3. The zero-order chi connectivity index (χ0) is 15.2. The van der Waals surface area contributed by atoms with Gasteiger partial charge in [-0.15, -0.1) is 0 Å². The molecule has 0 amide bonds. The smallest absolute Gasteiger partial charge is 0.203 e. The highest BCUT2D eigenvalue weighted by Crippen LogP contribution is 2.40. The van der Waals surface area contributed by atoms with Gasteiger partial charge in [-0.3, -0.25) is 0 Å². The van der Waals surface area contributed by atoms with Gasteiger partial charge in [0.1, 0.15) is 0 Å². The molecule has 2 rings (SSSR count). The molecule has 21 heavy (non-hydrogen) atoms. The van der Waals surface area contributed by atoms with Crippen molar-refractivity contribution in [2.45, 2.75) is 37.8 Å². The van der Waals surface area contributed by atoms with Crippen LogP contribution in [-0.4, -0.2) is 40.6 Å². The van der Waals surface area contributed by atoms with Gasteiger partial charge in [0.05, 0.1) is 27.4 Å². The summed E-state index contributed by atoms with van der Waals surface area (Å²) < 4.78 is 21.5. The molecule has 0 heterocycles. The first-order valence-electron chi connectivity index (χ1n) is 7.31. The van der Waals surface area contributed by atoms with E-state index in [9.17, 15) is 0 Å². The third kappa shape index (κ3) is 3.73. The number of nitrogens with one attached hydrogen (secondary N) is 1. The van der Waals surface area contributed by atoms with Crippen molar-refractivity contribution in [3.63, 3.8) is 0 Å². The second-order valence-electron chi connectivity index (χ2n) is 5.27. The highest BCUT2D eigenvalue weighted by molar-refractivity contribution is 5.62. The molecule has 0 spiro atoms. The standard InChI is InChI=1S/C16H25NO4/c1-18-13-7-5-11(6-8-13)17-12-9-14(19-2)16(21-4)15(10-12)20-3/h9-11,13,17H,5-8H2,1-4H3. The van der Waals surface area contributed by atoms with Crippen LogP contribution in [0.5, 0.6) is 17.2 Å². The van der Waals surface area contributed by atoms with Crippen molar-refractivity contribution in [1.29, 1.82) is 0 Å². The normalized spacial score (nSPS) is 21.7. The fourth-order valence-corrected chi connectivity index (χ4v) is 2.84. The second kappa shape index (κ2) is 7.41. The van der Waals surface area contributed by atoms with Crippen LogP contribution in [0.15, 0.2) is 12.1 Å². The summed E-state index contributed by atoms with van der Waals surface area (Å²) in [6.07, 6.45) is 4.81. The van der Waals surface area contributed by atoms with Gasteiger partial charge in [-0.2, -0.15) is 0 Å². The Hall–Kier alpha value is -1.62. The molecule has 1 N–H and O–H groups in total. The largest absolute Gasteiger partial charge is 0.493 e. The van der Waals surface area contributed by atoms with Gasteiger partial charge in [0.15, 0.2) is 11.5 Å². The van der Waals surface area contributed by atoms with Crippen LogP contribution in [-0.2, 0) is 4.74 Å². The first-order chi connectivity index (χ1) is 10.2. The minimum absolute atomic E-state index is 0.406. The van der Waals surface area contributed by atoms with Crippen LogP contribution in [0.3, 0.4) is 0 Å². The summed E-state index contributed by atoms with van der Waals surface area (Å²) in [5.74, 6) is 1.96. The van der Waals surface area contributed by atoms with E-state index in [0.717, 1.165) is 31.4 Å². The van der Waals surface area contributed by atoms with Gasteiger partial charge in [-0.1, -0.05) is 0 Å². The van der Waals surface area contributed by atoms with Crippen LogP contribution >= 0.6 is 0 Å². The fraction of sp³-hybridized carbons (Fsp3) is 0.625. The molecule has 1 aliphatic rings. The average molecular weight is 295 g/mol. The lowest BCUT2D eigenvalue weighted by Crippen LogP contribution is -2.29. The van der Waals surface area contributed by atoms with E-state index in [2.05, 4.69) is 5.32 Å². The minimum atomic E-state index is 0.406. The molecule has 1 fully saturated rings. The monoisotopic (exact) mass is 295 g/mol. The summed E-state index contributed by atoms with van der Waals surface area (Å²) in [4.78, 5) is 0. The minimum Gasteiger partial charge on any atom is -0.493 e. The first kappa shape index (κ1) is 15.8. The summed E-state index contributed by atoms with van der Waals surface area (Å²) >= 11 is 0. The van der Waals surface area contributed by atoms with Gasteiger partial charge in [0.2, 0.25) is 5.75 Å². The lowest BCUT2D eigenvalue weighted by Gasteiger charge is -2.29. The van der Waals surface area contributed by atoms with Crippen molar-refractivity contribution in [2.75, 3.05) is 33.8 Å². The van der Waals surface area contributed by atoms with E-state index in [1.165, 1.54) is 0 Å². The first-order valence-corrected chi connectivity index (χ1v) is 7.31. The van der Waals surface area contributed by atoms with Gasteiger partial charge in [-0.05, 0) is 25.7 Å². The van der Waals surface area contributed by atoms with E-state index in [-0.39, 0.29) is 0 Å². The highest BCUT2D eigenvalue weighted by Gasteiger charge is 2.21. The molecular weight excluding hydrogens is 270 g/mol. The fourth-order valence-electron chi connectivity index (χ4n) is 2.84. The lowest BCUT2D eigenvalue weighted by molar-refractivity contribution is 0.0682. The quantitative estimate of drug-likeness (QED) is 0.874. The maximum Gasteiger partial charge on any atom is 0.203 e. The number of hydrogen-bond donors (Lipinski definition) is 1. The summed E-state index contributed by atoms with van der Waals surface area (Å²) in [5, 5.41) is 3.56. The molecule has 0 aliphatic heterocycles. The van der Waals surface area contributed by atoms with E-state index in [4.69, 9.17) is 18.9 Å². The van der Waals surface area contributed by atoms with E-state index in [1.54, 1.807) is 28.4 Å². The predicted molar refractivity (Wildman–Crippen MR) is 82.8 cm³/mol. The Labute approximate surface area is 126 Å². The second-order valence-corrected chi connectivity index (χ2v) is 5.27. The number of anilines is 1. The summed E-state index contributed by atoms with van der Waals surface area (Å²) in [5.41, 5.74) is 0.991. The van der Waals surface area contributed by atoms with Crippen LogP contribution in [0.25, 0.3) is 0 Å². The molecule has 1 aliphatic carbocycles. The Morgan fingerprint density at radius 1 is 0.857 bits per heavy atom. The molecule has 0 bridgehead atoms. The molecule has 0 atom stereocenters. The molecular formula is C16H25NO4. The molecule has 5 heteroatoms. The van der Waals surface area contributed by atoms with E-state index >= 15 is 0 Å². The number of hydrogen-bond acceptors (Lipinski definition) is 5. The van der Waals surface area contributed by atoms with Crippen molar-refractivity contribution in [3.05, 3.63) is 12.1 Å². The topological polar surface area (TPSA) is 49.0 Å². The molecule has 0 unspecified atom stereocenters. The summed E-state index contributed by atoms with van der Waals surface area (Å²) in [6.45, 7) is 0. The van der Waals surface area contributed by atoms with Crippen molar-refractivity contribution >= 4 is 5.69 Å². The van der Waals surface area contributed by atoms with Crippen LogP contribution in [0, 0.1) is 0 Å². The Kier molecular flexibility index (Phi) is 5.56. The Bertz CT molecular complexity index is 431. The average Bonchev–Trinajstić information content (AvgIpc) is 2.54. The Morgan fingerprint density at radius 3 is 1.86 bits per heavy atom. The summed E-state index contributed by atoms with van der Waals surface area (Å²) in [6, 6.07) is 4.35. The number of rotatable bonds is 6. The Balaban J connectivity index is 2.10. The van der Waals surface area contributed by atoms with E-state index < -0.39 is 0 Å². The highest BCUT2D eigenvalue weighted by atomic mass is 16.5. The Morgan fingerprint density at radius 2 is 1.43 bits per heavy atom. The van der Waals surface area contributed by atoms with Crippen molar-refractivity contribution in [1.82, 2.24) is 0 Å². The molecule has 118 valence electrons. The maximum absolute atomic E-state index is 5.41. The van der Waals surface area contributed by atoms with Crippen LogP contribution in [0.4, 0.5) is 5.69 Å². The summed E-state index contributed by atoms with van der Waals surface area (Å²) in [7, 11) is 6.66. The van der Waals surface area contributed by atoms with Crippen LogP contribution < -0.4 is 19.5 Å². The number of benzene rings is 1. The van der Waals surface area contributed by atoms with E-state index in [1.807, 2.05) is 12.1 Å². The molecule has 1 aromatic rings. The third-order valence-electron chi connectivity index (χ3n) is 4.04. The van der Waals surface area contributed by atoms with Crippen LogP contribution in [0.1, 0.15) is 25.7 Å². The maximum atomic E-state index is 5.41. The van der Waals surface area contributed by atoms with Crippen molar-refractivity contribution in [3.8, 4) is 17.2 Å². The van der Waals surface area contributed by atoms with Crippen LogP contribution in [0.2, 0.25) is 0 Å². The lowest BCUT2D eigenvalue weighted by atomic mass is 9.93. The molecule has 0 radical (unpaired) electrons. The molecule has 5 nitrogen and oxygen atoms in total. The zero-order valence-electron chi connectivity index (χ0n) is 13.3.